The van der Waals surface area contributed by atoms with E-state index in [2.05, 4.69) is 4.98 Å². The van der Waals surface area contributed by atoms with Crippen molar-refractivity contribution in [2.24, 2.45) is 0 Å². The van der Waals surface area contributed by atoms with Crippen molar-refractivity contribution in [1.29, 1.82) is 0 Å². The van der Waals surface area contributed by atoms with Crippen LogP contribution in [0.1, 0.15) is 0 Å². The van der Waals surface area contributed by atoms with Gasteiger partial charge in [0, 0.05) is 23.1 Å². The fourth-order valence-electron chi connectivity index (χ4n) is 3.38. The van der Waals surface area contributed by atoms with Crippen LogP contribution in [0, 0.1) is 0 Å². The summed E-state index contributed by atoms with van der Waals surface area (Å²) in [7, 11) is 0. The van der Waals surface area contributed by atoms with Crippen molar-refractivity contribution in [3.63, 3.8) is 0 Å². The van der Waals surface area contributed by atoms with Gasteiger partial charge >= 0.3 is 0 Å². The number of imidazole rings is 1. The van der Waals surface area contributed by atoms with Gasteiger partial charge in [-0.1, -0.05) is 30.3 Å². The van der Waals surface area contributed by atoms with Crippen LogP contribution in [0.25, 0.3) is 39.5 Å². The first-order valence-corrected chi connectivity index (χ1v) is 9.22. The Morgan fingerprint density at radius 3 is 2.28 bits per heavy atom. The maximum atomic E-state index is 6.16. The lowest BCUT2D eigenvalue weighted by Crippen LogP contribution is -2.02. The molecule has 0 fully saturated rings. The van der Waals surface area contributed by atoms with E-state index >= 15 is 0 Å². The highest BCUT2D eigenvalue weighted by Gasteiger charge is 2.18. The standard InChI is InChI=1S/C23H18N6/c24-16-8-10-17(11-9-16)29-22(18-7-4-14-26-21(18)25)28-20-13-12-19(27-23(20)29)15-5-2-1-3-6-15/h1-14H,24H2,(H2,25,26). The van der Waals surface area contributed by atoms with Gasteiger partial charge in [-0.15, -0.1) is 0 Å². The number of nitrogens with zero attached hydrogens (tertiary/aromatic N) is 4. The molecular weight excluding hydrogens is 360 g/mol. The van der Waals surface area contributed by atoms with E-state index in [9.17, 15) is 0 Å². The Bertz CT molecular complexity index is 1310. The van der Waals surface area contributed by atoms with E-state index in [1.54, 1.807) is 6.20 Å². The average molecular weight is 378 g/mol. The van der Waals surface area contributed by atoms with Crippen LogP contribution in [0.5, 0.6) is 0 Å². The molecule has 0 spiro atoms. The molecule has 6 heteroatoms. The largest absolute Gasteiger partial charge is 0.399 e. The van der Waals surface area contributed by atoms with Crippen LogP contribution in [-0.4, -0.2) is 19.5 Å². The van der Waals surface area contributed by atoms with Crippen LogP contribution in [0.2, 0.25) is 0 Å². The fourth-order valence-corrected chi connectivity index (χ4v) is 3.38. The zero-order valence-corrected chi connectivity index (χ0v) is 15.5. The quantitative estimate of drug-likeness (QED) is 0.456. The Kier molecular flexibility index (Phi) is 3.95. The number of aromatic nitrogens is 4. The second-order valence-electron chi connectivity index (χ2n) is 6.70. The summed E-state index contributed by atoms with van der Waals surface area (Å²) in [5.74, 6) is 1.11. The van der Waals surface area contributed by atoms with Gasteiger partial charge in [-0.25, -0.2) is 15.0 Å². The highest BCUT2D eigenvalue weighted by atomic mass is 15.1. The van der Waals surface area contributed by atoms with Crippen LogP contribution >= 0.6 is 0 Å². The molecule has 5 aromatic rings. The van der Waals surface area contributed by atoms with Crippen molar-refractivity contribution in [1.82, 2.24) is 19.5 Å². The lowest BCUT2D eigenvalue weighted by Gasteiger charge is -2.11. The van der Waals surface area contributed by atoms with E-state index < -0.39 is 0 Å². The number of hydrogen-bond acceptors (Lipinski definition) is 5. The van der Waals surface area contributed by atoms with Crippen molar-refractivity contribution in [2.45, 2.75) is 0 Å². The summed E-state index contributed by atoms with van der Waals surface area (Å²) in [5, 5.41) is 0. The van der Waals surface area contributed by atoms with Gasteiger partial charge in [0.15, 0.2) is 11.5 Å². The van der Waals surface area contributed by atoms with Crippen molar-refractivity contribution < 1.29 is 0 Å². The number of hydrogen-bond donors (Lipinski definition) is 2. The average Bonchev–Trinajstić information content (AvgIpc) is 3.14. The first-order valence-electron chi connectivity index (χ1n) is 9.22. The second-order valence-corrected chi connectivity index (χ2v) is 6.70. The molecular formula is C23H18N6. The Labute approximate surface area is 167 Å². The first-order chi connectivity index (χ1) is 14.2. The number of anilines is 2. The monoisotopic (exact) mass is 378 g/mol. The molecule has 0 atom stereocenters. The Hall–Kier alpha value is -4.19. The maximum Gasteiger partial charge on any atom is 0.165 e. The summed E-state index contributed by atoms with van der Waals surface area (Å²) in [6.07, 6.45) is 1.67. The molecule has 0 unspecified atom stereocenters. The van der Waals surface area contributed by atoms with E-state index in [-0.39, 0.29) is 0 Å². The number of rotatable bonds is 3. The van der Waals surface area contributed by atoms with Crippen LogP contribution in [-0.2, 0) is 0 Å². The number of pyridine rings is 2. The number of fused-ring (bicyclic) bond motifs is 1. The molecule has 0 bridgehead atoms. The highest BCUT2D eigenvalue weighted by molar-refractivity contribution is 5.84. The van der Waals surface area contributed by atoms with Crippen molar-refractivity contribution in [3.05, 3.63) is 85.1 Å². The smallest absolute Gasteiger partial charge is 0.165 e. The lowest BCUT2D eigenvalue weighted by atomic mass is 10.1. The van der Waals surface area contributed by atoms with Crippen LogP contribution in [0.3, 0.4) is 0 Å². The van der Waals surface area contributed by atoms with E-state index in [0.29, 0.717) is 17.3 Å². The second kappa shape index (κ2) is 6.76. The molecule has 6 nitrogen and oxygen atoms in total. The van der Waals surface area contributed by atoms with E-state index in [1.165, 1.54) is 0 Å². The van der Waals surface area contributed by atoms with Gasteiger partial charge in [0.05, 0.1) is 11.3 Å². The van der Waals surface area contributed by atoms with Crippen molar-refractivity contribution in [2.75, 3.05) is 11.5 Å². The lowest BCUT2D eigenvalue weighted by molar-refractivity contribution is 1.08. The third-order valence-corrected chi connectivity index (χ3v) is 4.80. The van der Waals surface area contributed by atoms with Crippen LogP contribution < -0.4 is 11.5 Å². The molecule has 5 rings (SSSR count). The normalized spacial score (nSPS) is 11.0. The zero-order valence-electron chi connectivity index (χ0n) is 15.5. The topological polar surface area (TPSA) is 95.6 Å². The van der Waals surface area contributed by atoms with Gasteiger partial charge in [-0.3, -0.25) is 4.57 Å². The number of benzene rings is 2. The molecule has 0 aliphatic heterocycles. The SMILES string of the molecule is Nc1ccc(-n2c(-c3cccnc3N)nc3ccc(-c4ccccc4)nc32)cc1. The molecule has 4 N–H and O–H groups in total. The van der Waals surface area contributed by atoms with Crippen molar-refractivity contribution in [3.8, 4) is 28.3 Å². The van der Waals surface area contributed by atoms with E-state index in [4.69, 9.17) is 21.4 Å². The van der Waals surface area contributed by atoms with E-state index in [0.717, 1.165) is 33.7 Å². The zero-order chi connectivity index (χ0) is 19.8. The number of nitrogens with two attached hydrogens (primary N) is 2. The summed E-state index contributed by atoms with van der Waals surface area (Å²) in [5.41, 5.74) is 17.8. The fraction of sp³-hybridized carbons (Fsp3) is 0. The van der Waals surface area contributed by atoms with Crippen LogP contribution in [0.15, 0.2) is 85.1 Å². The predicted octanol–water partition coefficient (Wildman–Crippen LogP) is 4.31. The molecule has 0 saturated heterocycles. The third-order valence-electron chi connectivity index (χ3n) is 4.80. The summed E-state index contributed by atoms with van der Waals surface area (Å²) in [4.78, 5) is 14.0. The van der Waals surface area contributed by atoms with Gasteiger partial charge in [0.25, 0.3) is 0 Å². The summed E-state index contributed by atoms with van der Waals surface area (Å²) >= 11 is 0. The summed E-state index contributed by atoms with van der Waals surface area (Å²) in [6, 6.07) is 25.4. The predicted molar refractivity (Wildman–Crippen MR) is 116 cm³/mol. The number of nitrogen functional groups attached to an aromatic ring is 2. The Balaban J connectivity index is 1.81. The molecule has 0 aliphatic carbocycles. The van der Waals surface area contributed by atoms with Gasteiger partial charge in [-0.05, 0) is 48.5 Å². The molecule has 3 aromatic heterocycles. The van der Waals surface area contributed by atoms with Crippen molar-refractivity contribution >= 4 is 22.7 Å². The summed E-state index contributed by atoms with van der Waals surface area (Å²) in [6.45, 7) is 0. The minimum Gasteiger partial charge on any atom is -0.399 e. The molecule has 0 saturated carbocycles. The van der Waals surface area contributed by atoms with Gasteiger partial charge in [0.2, 0.25) is 0 Å². The van der Waals surface area contributed by atoms with E-state index in [1.807, 2.05) is 83.4 Å². The molecule has 140 valence electrons. The molecule has 0 aliphatic rings. The molecule has 3 heterocycles. The Morgan fingerprint density at radius 1 is 0.724 bits per heavy atom. The minimum absolute atomic E-state index is 0.419. The highest BCUT2D eigenvalue weighted by Crippen LogP contribution is 2.31. The molecule has 29 heavy (non-hydrogen) atoms. The maximum absolute atomic E-state index is 6.16. The molecule has 0 amide bonds. The molecule has 0 radical (unpaired) electrons. The Morgan fingerprint density at radius 2 is 1.52 bits per heavy atom. The summed E-state index contributed by atoms with van der Waals surface area (Å²) < 4.78 is 1.99. The van der Waals surface area contributed by atoms with Gasteiger partial charge in [0.1, 0.15) is 11.3 Å². The van der Waals surface area contributed by atoms with Gasteiger partial charge in [-0.2, -0.15) is 0 Å². The van der Waals surface area contributed by atoms with Gasteiger partial charge < -0.3 is 11.5 Å². The molecule has 2 aromatic carbocycles. The van der Waals surface area contributed by atoms with Crippen LogP contribution in [0.4, 0.5) is 11.5 Å². The third kappa shape index (κ3) is 2.96. The minimum atomic E-state index is 0.419. The first kappa shape index (κ1) is 16.9.